The predicted molar refractivity (Wildman–Crippen MR) is 78.3 cm³/mol. The smallest absolute Gasteiger partial charge is 0.119 e. The van der Waals surface area contributed by atoms with E-state index < -0.39 is 0 Å². The van der Waals surface area contributed by atoms with Crippen molar-refractivity contribution in [3.63, 3.8) is 0 Å². The van der Waals surface area contributed by atoms with E-state index in [0.717, 1.165) is 32.0 Å². The van der Waals surface area contributed by atoms with Crippen LogP contribution in [0.4, 0.5) is 0 Å². The fraction of sp³-hybridized carbons (Fsp3) is 0.533. The number of hydrogen-bond acceptors (Lipinski definition) is 4. The molecule has 0 aromatic heterocycles. The summed E-state index contributed by atoms with van der Waals surface area (Å²) in [4.78, 5) is 4.10. The quantitative estimate of drug-likeness (QED) is 0.731. The highest BCUT2D eigenvalue weighted by Gasteiger charge is 2.04. The second-order valence-electron chi connectivity index (χ2n) is 4.92. The lowest BCUT2D eigenvalue weighted by Gasteiger charge is -2.13. The Hall–Kier alpha value is -1.55. The van der Waals surface area contributed by atoms with Crippen molar-refractivity contribution in [3.8, 4) is 5.75 Å². The number of aryl methyl sites for hydroxylation is 1. The Morgan fingerprint density at radius 2 is 1.95 bits per heavy atom. The van der Waals surface area contributed by atoms with Gasteiger partial charge in [0.15, 0.2) is 0 Å². The van der Waals surface area contributed by atoms with Crippen LogP contribution < -0.4 is 10.2 Å². The Kier molecular flexibility index (Phi) is 5.69. The van der Waals surface area contributed by atoms with Crippen LogP contribution in [0.1, 0.15) is 31.2 Å². The first-order valence-corrected chi connectivity index (χ1v) is 7.03. The average molecular weight is 261 g/mol. The molecule has 0 saturated heterocycles. The SMILES string of the molecule is Cc1ccc(OCCCCCCN2CN=CN2)cc1. The van der Waals surface area contributed by atoms with E-state index >= 15 is 0 Å². The molecule has 1 aliphatic rings. The molecule has 0 amide bonds. The van der Waals surface area contributed by atoms with Gasteiger partial charge in [0.1, 0.15) is 12.4 Å². The lowest BCUT2D eigenvalue weighted by molar-refractivity contribution is 0.257. The topological polar surface area (TPSA) is 36.9 Å². The lowest BCUT2D eigenvalue weighted by Crippen LogP contribution is -2.32. The molecule has 4 nitrogen and oxygen atoms in total. The minimum atomic E-state index is 0.788. The van der Waals surface area contributed by atoms with Crippen molar-refractivity contribution in [1.82, 2.24) is 10.4 Å². The molecule has 0 atom stereocenters. The Bertz CT molecular complexity index is 381. The van der Waals surface area contributed by atoms with Crippen molar-refractivity contribution in [2.24, 2.45) is 4.99 Å². The maximum absolute atomic E-state index is 5.70. The normalized spacial score (nSPS) is 14.6. The fourth-order valence-corrected chi connectivity index (χ4v) is 2.02. The summed E-state index contributed by atoms with van der Waals surface area (Å²) in [6.07, 6.45) is 6.56. The van der Waals surface area contributed by atoms with E-state index in [1.165, 1.54) is 24.8 Å². The predicted octanol–water partition coefficient (Wildman–Crippen LogP) is 2.74. The molecule has 104 valence electrons. The molecule has 2 rings (SSSR count). The van der Waals surface area contributed by atoms with E-state index in [1.807, 2.05) is 12.1 Å². The second kappa shape index (κ2) is 7.79. The van der Waals surface area contributed by atoms with Crippen LogP contribution in [0.2, 0.25) is 0 Å². The highest BCUT2D eigenvalue weighted by molar-refractivity contribution is 5.54. The van der Waals surface area contributed by atoms with Crippen LogP contribution in [0.3, 0.4) is 0 Å². The van der Waals surface area contributed by atoms with Crippen molar-refractivity contribution in [2.75, 3.05) is 19.8 Å². The maximum Gasteiger partial charge on any atom is 0.119 e. The van der Waals surface area contributed by atoms with Crippen LogP contribution in [-0.2, 0) is 0 Å². The zero-order chi connectivity index (χ0) is 13.3. The number of aliphatic imine (C=N–C) groups is 1. The zero-order valence-electron chi connectivity index (χ0n) is 11.6. The Morgan fingerprint density at radius 1 is 1.16 bits per heavy atom. The van der Waals surface area contributed by atoms with Gasteiger partial charge in [0.2, 0.25) is 0 Å². The van der Waals surface area contributed by atoms with Gasteiger partial charge in [-0.2, -0.15) is 0 Å². The van der Waals surface area contributed by atoms with Crippen LogP contribution in [0, 0.1) is 6.92 Å². The molecular weight excluding hydrogens is 238 g/mol. The number of benzene rings is 1. The summed E-state index contributed by atoms with van der Waals surface area (Å²) in [6, 6.07) is 8.24. The summed E-state index contributed by atoms with van der Waals surface area (Å²) in [7, 11) is 0. The molecular formula is C15H23N3O. The van der Waals surface area contributed by atoms with E-state index in [1.54, 1.807) is 6.34 Å². The Morgan fingerprint density at radius 3 is 2.68 bits per heavy atom. The third-order valence-electron chi connectivity index (χ3n) is 3.20. The number of ether oxygens (including phenoxy) is 1. The first-order chi connectivity index (χ1) is 9.34. The van der Waals surface area contributed by atoms with E-state index in [4.69, 9.17) is 4.74 Å². The maximum atomic E-state index is 5.70. The van der Waals surface area contributed by atoms with E-state index in [9.17, 15) is 0 Å². The Labute approximate surface area is 115 Å². The lowest BCUT2D eigenvalue weighted by atomic mass is 10.2. The number of hydrazine groups is 1. The van der Waals surface area contributed by atoms with Crippen molar-refractivity contribution < 1.29 is 4.74 Å². The molecule has 0 saturated carbocycles. The number of hydrogen-bond donors (Lipinski definition) is 1. The monoisotopic (exact) mass is 261 g/mol. The van der Waals surface area contributed by atoms with Gasteiger partial charge < -0.3 is 10.2 Å². The third-order valence-corrected chi connectivity index (χ3v) is 3.20. The summed E-state index contributed by atoms with van der Waals surface area (Å²) in [5.41, 5.74) is 4.37. The number of rotatable bonds is 8. The van der Waals surface area contributed by atoms with Crippen LogP contribution in [0.5, 0.6) is 5.75 Å². The summed E-state index contributed by atoms with van der Waals surface area (Å²) < 4.78 is 5.70. The minimum Gasteiger partial charge on any atom is -0.494 e. The molecule has 1 aliphatic heterocycles. The molecule has 1 aromatic carbocycles. The van der Waals surface area contributed by atoms with Gasteiger partial charge >= 0.3 is 0 Å². The van der Waals surface area contributed by atoms with Crippen molar-refractivity contribution in [1.29, 1.82) is 0 Å². The molecule has 1 aromatic rings. The van der Waals surface area contributed by atoms with Crippen LogP contribution in [0.25, 0.3) is 0 Å². The van der Waals surface area contributed by atoms with Gasteiger partial charge in [-0.3, -0.25) is 4.99 Å². The molecule has 4 heteroatoms. The van der Waals surface area contributed by atoms with E-state index in [0.29, 0.717) is 0 Å². The van der Waals surface area contributed by atoms with Gasteiger partial charge in [0, 0.05) is 6.54 Å². The van der Waals surface area contributed by atoms with Gasteiger partial charge in [-0.1, -0.05) is 30.5 Å². The first-order valence-electron chi connectivity index (χ1n) is 7.03. The largest absolute Gasteiger partial charge is 0.494 e. The molecule has 0 unspecified atom stereocenters. The minimum absolute atomic E-state index is 0.788. The summed E-state index contributed by atoms with van der Waals surface area (Å²) in [5.74, 6) is 0.976. The molecule has 1 heterocycles. The van der Waals surface area contributed by atoms with Gasteiger partial charge in [-0.15, -0.1) is 0 Å². The first kappa shape index (κ1) is 13.9. The van der Waals surface area contributed by atoms with Crippen LogP contribution in [0.15, 0.2) is 29.3 Å². The zero-order valence-corrected chi connectivity index (χ0v) is 11.6. The molecule has 0 spiro atoms. The highest BCUT2D eigenvalue weighted by Crippen LogP contribution is 2.12. The van der Waals surface area contributed by atoms with Gasteiger partial charge in [-0.05, 0) is 31.9 Å². The van der Waals surface area contributed by atoms with E-state index in [2.05, 4.69) is 34.5 Å². The van der Waals surface area contributed by atoms with Gasteiger partial charge in [-0.25, -0.2) is 5.01 Å². The Balaban J connectivity index is 1.44. The summed E-state index contributed by atoms with van der Waals surface area (Å²) in [6.45, 7) is 4.76. The number of nitrogens with zero attached hydrogens (tertiary/aromatic N) is 2. The molecule has 19 heavy (non-hydrogen) atoms. The number of nitrogens with one attached hydrogen (secondary N) is 1. The van der Waals surface area contributed by atoms with Crippen molar-refractivity contribution in [2.45, 2.75) is 32.6 Å². The average Bonchev–Trinajstić information content (AvgIpc) is 2.93. The van der Waals surface area contributed by atoms with Gasteiger partial charge in [0.05, 0.1) is 12.9 Å². The van der Waals surface area contributed by atoms with Crippen molar-refractivity contribution in [3.05, 3.63) is 29.8 Å². The summed E-state index contributed by atoms with van der Waals surface area (Å²) >= 11 is 0. The standard InChI is InChI=1S/C15H23N3O/c1-14-6-8-15(9-7-14)19-11-5-3-2-4-10-18-13-16-12-17-18/h6-9,12H,2-5,10-11,13H2,1H3,(H,16,17). The van der Waals surface area contributed by atoms with Gasteiger partial charge in [0.25, 0.3) is 0 Å². The molecule has 0 fully saturated rings. The third kappa shape index (κ3) is 5.30. The van der Waals surface area contributed by atoms with Crippen LogP contribution >= 0.6 is 0 Å². The summed E-state index contributed by atoms with van der Waals surface area (Å²) in [5, 5.41) is 2.13. The molecule has 0 aliphatic carbocycles. The number of unbranched alkanes of at least 4 members (excludes halogenated alkanes) is 3. The second-order valence-corrected chi connectivity index (χ2v) is 4.92. The van der Waals surface area contributed by atoms with E-state index in [-0.39, 0.29) is 0 Å². The van der Waals surface area contributed by atoms with Crippen molar-refractivity contribution >= 4 is 6.34 Å². The fourth-order valence-electron chi connectivity index (χ4n) is 2.02. The molecule has 0 radical (unpaired) electrons. The highest BCUT2D eigenvalue weighted by atomic mass is 16.5. The molecule has 0 bridgehead atoms. The van der Waals surface area contributed by atoms with Crippen LogP contribution in [-0.4, -0.2) is 31.2 Å². The molecule has 1 N–H and O–H groups in total.